The van der Waals surface area contributed by atoms with Gasteiger partial charge in [-0.2, -0.15) is 4.98 Å². The van der Waals surface area contributed by atoms with Crippen molar-refractivity contribution in [3.8, 4) is 22.8 Å². The van der Waals surface area contributed by atoms with Crippen LogP contribution in [0.25, 0.3) is 22.8 Å². The molecule has 0 saturated carbocycles. The van der Waals surface area contributed by atoms with Crippen molar-refractivity contribution in [3.63, 3.8) is 0 Å². The molecule has 3 rings (SSSR count). The Morgan fingerprint density at radius 1 is 1.15 bits per heavy atom. The summed E-state index contributed by atoms with van der Waals surface area (Å²) in [6.45, 7) is 1.87. The molecule has 0 aliphatic heterocycles. The first-order valence-electron chi connectivity index (χ1n) is 6.09. The van der Waals surface area contributed by atoms with Crippen molar-refractivity contribution < 1.29 is 8.91 Å². The molecule has 0 unspecified atom stereocenters. The first-order chi connectivity index (χ1) is 9.63. The first kappa shape index (κ1) is 12.3. The number of nitrogen functional groups attached to an aromatic ring is 1. The lowest BCUT2D eigenvalue weighted by Crippen LogP contribution is -1.88. The van der Waals surface area contributed by atoms with Gasteiger partial charge in [0.05, 0.1) is 0 Å². The molecule has 0 fully saturated rings. The monoisotopic (exact) mass is 269 g/mol. The van der Waals surface area contributed by atoms with E-state index >= 15 is 0 Å². The van der Waals surface area contributed by atoms with Gasteiger partial charge in [0.1, 0.15) is 5.82 Å². The first-order valence-corrected chi connectivity index (χ1v) is 6.09. The number of nitrogens with zero attached hydrogens (tertiary/aromatic N) is 2. The second-order valence-electron chi connectivity index (χ2n) is 4.51. The van der Waals surface area contributed by atoms with Crippen LogP contribution in [0.15, 0.2) is 47.0 Å². The predicted octanol–water partition coefficient (Wildman–Crippen LogP) is 3.43. The number of hydrogen-bond acceptors (Lipinski definition) is 4. The summed E-state index contributed by atoms with van der Waals surface area (Å²) >= 11 is 0. The Kier molecular flexibility index (Phi) is 2.95. The molecule has 0 aliphatic rings. The molecular formula is C15H12FN3O. The van der Waals surface area contributed by atoms with E-state index in [0.717, 1.165) is 11.1 Å². The molecule has 1 heterocycles. The van der Waals surface area contributed by atoms with Crippen LogP contribution in [0.3, 0.4) is 0 Å². The minimum absolute atomic E-state index is 0.332. The van der Waals surface area contributed by atoms with Crippen LogP contribution in [-0.4, -0.2) is 10.1 Å². The van der Waals surface area contributed by atoms with E-state index in [4.69, 9.17) is 10.3 Å². The van der Waals surface area contributed by atoms with Gasteiger partial charge in [-0.3, -0.25) is 0 Å². The molecule has 0 saturated heterocycles. The zero-order valence-electron chi connectivity index (χ0n) is 10.8. The van der Waals surface area contributed by atoms with E-state index in [2.05, 4.69) is 10.1 Å². The molecule has 5 heteroatoms. The smallest absolute Gasteiger partial charge is 0.258 e. The molecule has 1 aromatic heterocycles. The van der Waals surface area contributed by atoms with Crippen LogP contribution in [0, 0.1) is 12.7 Å². The van der Waals surface area contributed by atoms with Crippen LogP contribution < -0.4 is 5.73 Å². The summed E-state index contributed by atoms with van der Waals surface area (Å²) < 4.78 is 18.5. The van der Waals surface area contributed by atoms with Gasteiger partial charge in [0.25, 0.3) is 5.89 Å². The van der Waals surface area contributed by atoms with Gasteiger partial charge >= 0.3 is 0 Å². The summed E-state index contributed by atoms with van der Waals surface area (Å²) in [5.41, 5.74) is 8.56. The molecule has 3 aromatic rings. The van der Waals surface area contributed by atoms with Crippen molar-refractivity contribution in [2.75, 3.05) is 5.73 Å². The quantitative estimate of drug-likeness (QED) is 0.724. The third-order valence-corrected chi connectivity index (χ3v) is 3.00. The van der Waals surface area contributed by atoms with Gasteiger partial charge in [-0.05, 0) is 42.8 Å². The van der Waals surface area contributed by atoms with Gasteiger partial charge in [-0.15, -0.1) is 0 Å². The number of rotatable bonds is 2. The average molecular weight is 269 g/mol. The molecule has 2 N–H and O–H groups in total. The van der Waals surface area contributed by atoms with E-state index in [9.17, 15) is 4.39 Å². The fourth-order valence-electron chi connectivity index (χ4n) is 1.96. The van der Waals surface area contributed by atoms with Crippen LogP contribution in [0.1, 0.15) is 5.56 Å². The van der Waals surface area contributed by atoms with E-state index in [-0.39, 0.29) is 5.82 Å². The number of halogens is 1. The van der Waals surface area contributed by atoms with Gasteiger partial charge in [0.2, 0.25) is 5.82 Å². The molecule has 2 aromatic carbocycles. The molecule has 4 nitrogen and oxygen atoms in total. The third kappa shape index (κ3) is 2.25. The van der Waals surface area contributed by atoms with Crippen LogP contribution >= 0.6 is 0 Å². The van der Waals surface area contributed by atoms with Gasteiger partial charge in [-0.25, -0.2) is 4.39 Å². The van der Waals surface area contributed by atoms with Crippen LogP contribution in [-0.2, 0) is 0 Å². The van der Waals surface area contributed by atoms with Crippen molar-refractivity contribution in [2.24, 2.45) is 0 Å². The molecular weight excluding hydrogens is 257 g/mol. The van der Waals surface area contributed by atoms with E-state index < -0.39 is 0 Å². The number of hydrogen-bond donors (Lipinski definition) is 1. The Hall–Kier alpha value is -2.69. The Labute approximate surface area is 115 Å². The second kappa shape index (κ2) is 4.77. The normalized spacial score (nSPS) is 10.7. The summed E-state index contributed by atoms with van der Waals surface area (Å²) in [6.07, 6.45) is 0. The van der Waals surface area contributed by atoms with Gasteiger partial charge in [-0.1, -0.05) is 17.3 Å². The molecule has 0 bridgehead atoms. The van der Waals surface area contributed by atoms with E-state index in [1.54, 1.807) is 18.2 Å². The number of aromatic nitrogens is 2. The average Bonchev–Trinajstić information content (AvgIpc) is 2.91. The maximum Gasteiger partial charge on any atom is 0.258 e. The zero-order chi connectivity index (χ0) is 14.1. The summed E-state index contributed by atoms with van der Waals surface area (Å²) in [6, 6.07) is 11.6. The molecule has 0 aliphatic carbocycles. The predicted molar refractivity (Wildman–Crippen MR) is 74.3 cm³/mol. The molecule has 20 heavy (non-hydrogen) atoms. The molecule has 0 spiro atoms. The van der Waals surface area contributed by atoms with E-state index in [1.165, 1.54) is 12.1 Å². The lowest BCUT2D eigenvalue weighted by atomic mass is 10.1. The summed E-state index contributed by atoms with van der Waals surface area (Å²) in [5.74, 6) is 0.385. The van der Waals surface area contributed by atoms with E-state index in [1.807, 2.05) is 19.1 Å². The lowest BCUT2D eigenvalue weighted by molar-refractivity contribution is 0.432. The van der Waals surface area contributed by atoms with Crippen molar-refractivity contribution in [3.05, 3.63) is 53.8 Å². The molecule has 0 atom stereocenters. The topological polar surface area (TPSA) is 64.9 Å². The standard InChI is InChI=1S/C15H12FN3O/c1-9-5-6-11(16)8-13(9)14-18-15(20-19-14)10-3-2-4-12(17)7-10/h2-8H,17H2,1H3. The molecule has 100 valence electrons. The highest BCUT2D eigenvalue weighted by atomic mass is 19.1. The highest BCUT2D eigenvalue weighted by Gasteiger charge is 2.13. The molecule has 0 radical (unpaired) electrons. The fraction of sp³-hybridized carbons (Fsp3) is 0.0667. The zero-order valence-corrected chi connectivity index (χ0v) is 10.8. The van der Waals surface area contributed by atoms with Crippen molar-refractivity contribution in [2.45, 2.75) is 6.92 Å². The van der Waals surface area contributed by atoms with Gasteiger partial charge in [0.15, 0.2) is 0 Å². The summed E-state index contributed by atoms with van der Waals surface area (Å²) in [4.78, 5) is 4.29. The highest BCUT2D eigenvalue weighted by Crippen LogP contribution is 2.25. The number of nitrogens with two attached hydrogens (primary N) is 1. The molecule has 0 amide bonds. The Morgan fingerprint density at radius 2 is 2.00 bits per heavy atom. The Balaban J connectivity index is 2.04. The summed E-state index contributed by atoms with van der Waals surface area (Å²) in [5, 5.41) is 3.90. The minimum atomic E-state index is -0.332. The Morgan fingerprint density at radius 3 is 2.80 bits per heavy atom. The number of benzene rings is 2. The SMILES string of the molecule is Cc1ccc(F)cc1-c1noc(-c2cccc(N)c2)n1. The van der Waals surface area contributed by atoms with E-state index in [0.29, 0.717) is 23.0 Å². The summed E-state index contributed by atoms with van der Waals surface area (Å²) in [7, 11) is 0. The van der Waals surface area contributed by atoms with Gasteiger partial charge in [0, 0.05) is 16.8 Å². The highest BCUT2D eigenvalue weighted by molar-refractivity contribution is 5.64. The van der Waals surface area contributed by atoms with Crippen molar-refractivity contribution in [1.82, 2.24) is 10.1 Å². The van der Waals surface area contributed by atoms with Crippen LogP contribution in [0.2, 0.25) is 0 Å². The Bertz CT molecular complexity index is 767. The second-order valence-corrected chi connectivity index (χ2v) is 4.51. The fourth-order valence-corrected chi connectivity index (χ4v) is 1.96. The van der Waals surface area contributed by atoms with Gasteiger partial charge < -0.3 is 10.3 Å². The number of anilines is 1. The minimum Gasteiger partial charge on any atom is -0.399 e. The van der Waals surface area contributed by atoms with Crippen LogP contribution in [0.5, 0.6) is 0 Å². The third-order valence-electron chi connectivity index (χ3n) is 3.00. The van der Waals surface area contributed by atoms with Crippen LogP contribution in [0.4, 0.5) is 10.1 Å². The van der Waals surface area contributed by atoms with Crippen molar-refractivity contribution in [1.29, 1.82) is 0 Å². The number of aryl methyl sites for hydroxylation is 1. The lowest BCUT2D eigenvalue weighted by Gasteiger charge is -1.99. The maximum absolute atomic E-state index is 13.3. The van der Waals surface area contributed by atoms with Crippen molar-refractivity contribution >= 4 is 5.69 Å². The largest absolute Gasteiger partial charge is 0.399 e. The maximum atomic E-state index is 13.3.